The molecule has 0 spiro atoms. The van der Waals surface area contributed by atoms with Crippen LogP contribution in [0.15, 0.2) is 40.3 Å². The number of hydrogen-bond donors (Lipinski definition) is 2. The van der Waals surface area contributed by atoms with Crippen LogP contribution in [0, 0.1) is 0 Å². The van der Waals surface area contributed by atoms with Crippen molar-refractivity contribution in [2.75, 3.05) is 6.54 Å². The van der Waals surface area contributed by atoms with Gasteiger partial charge in [-0.15, -0.1) is 0 Å². The van der Waals surface area contributed by atoms with E-state index in [-0.39, 0.29) is 5.96 Å². The average Bonchev–Trinajstić information content (AvgIpc) is 2.14. The molecule has 0 atom stereocenters. The number of nitrogens with zero attached hydrogens (tertiary/aromatic N) is 2. The van der Waals surface area contributed by atoms with Crippen molar-refractivity contribution in [2.45, 2.75) is 13.3 Å². The van der Waals surface area contributed by atoms with Crippen molar-refractivity contribution in [3.63, 3.8) is 0 Å². The van der Waals surface area contributed by atoms with Crippen molar-refractivity contribution in [3.8, 4) is 0 Å². The second-order valence-electron chi connectivity index (χ2n) is 3.08. The number of rotatable bonds is 3. The van der Waals surface area contributed by atoms with Crippen molar-refractivity contribution >= 4 is 11.8 Å². The molecular formula is C11H16N4. The maximum absolute atomic E-state index is 7.47. The minimum absolute atomic E-state index is 0.151. The lowest BCUT2D eigenvalue weighted by molar-refractivity contribution is 0.962. The molecular weight excluding hydrogens is 188 g/mol. The number of amidine groups is 1. The van der Waals surface area contributed by atoms with Gasteiger partial charge in [0.15, 0.2) is 0 Å². The van der Waals surface area contributed by atoms with E-state index in [9.17, 15) is 0 Å². The first-order valence-electron chi connectivity index (χ1n) is 5.65. The Morgan fingerprint density at radius 1 is 1.40 bits per heavy atom. The van der Waals surface area contributed by atoms with Crippen LogP contribution >= 0.6 is 0 Å². The van der Waals surface area contributed by atoms with E-state index in [4.69, 9.17) is 14.2 Å². The van der Waals surface area contributed by atoms with Crippen LogP contribution in [0.1, 0.15) is 15.2 Å². The smallest absolute Gasteiger partial charge is 0.216 e. The molecule has 0 saturated carbocycles. The lowest BCUT2D eigenvalue weighted by atomic mass is 10.2. The molecule has 80 valence electrons. The average molecular weight is 206 g/mol. The van der Waals surface area contributed by atoms with Crippen LogP contribution in [-0.4, -0.2) is 18.3 Å². The zero-order valence-corrected chi connectivity index (χ0v) is 8.70. The summed E-state index contributed by atoms with van der Waals surface area (Å²) in [7, 11) is 0. The van der Waals surface area contributed by atoms with Crippen LogP contribution in [0.3, 0.4) is 0 Å². The zero-order chi connectivity index (χ0) is 12.8. The van der Waals surface area contributed by atoms with E-state index in [2.05, 4.69) is 9.98 Å². The van der Waals surface area contributed by atoms with Crippen molar-refractivity contribution < 1.29 is 2.74 Å². The fraction of sp³-hybridized carbons (Fsp3) is 0.273. The summed E-state index contributed by atoms with van der Waals surface area (Å²) in [6, 6.07) is 5.58. The fourth-order valence-electron chi connectivity index (χ4n) is 1.05. The molecule has 0 fully saturated rings. The van der Waals surface area contributed by atoms with Crippen LogP contribution in [-0.2, 0) is 6.42 Å². The van der Waals surface area contributed by atoms with Crippen molar-refractivity contribution in [2.24, 2.45) is 21.5 Å². The number of nitrogens with two attached hydrogens (primary N) is 2. The van der Waals surface area contributed by atoms with Gasteiger partial charge in [-0.25, -0.2) is 4.99 Å². The summed E-state index contributed by atoms with van der Waals surface area (Å²) in [4.78, 5) is 7.82. The van der Waals surface area contributed by atoms with E-state index in [0.717, 1.165) is 5.56 Å². The molecule has 15 heavy (non-hydrogen) atoms. The first-order valence-corrected chi connectivity index (χ1v) is 4.65. The lowest BCUT2D eigenvalue weighted by Crippen LogP contribution is -2.16. The van der Waals surface area contributed by atoms with Crippen LogP contribution in [0.5, 0.6) is 0 Å². The van der Waals surface area contributed by atoms with Crippen LogP contribution < -0.4 is 11.5 Å². The van der Waals surface area contributed by atoms with Gasteiger partial charge in [-0.2, -0.15) is 0 Å². The molecule has 4 nitrogen and oxygen atoms in total. The van der Waals surface area contributed by atoms with Gasteiger partial charge in [0.2, 0.25) is 5.96 Å². The Morgan fingerprint density at radius 2 is 2.07 bits per heavy atom. The van der Waals surface area contributed by atoms with Gasteiger partial charge in [0.05, 0.1) is 8.58 Å². The van der Waals surface area contributed by atoms with Crippen LogP contribution in [0.4, 0.5) is 0 Å². The predicted molar refractivity (Wildman–Crippen MR) is 63.9 cm³/mol. The van der Waals surface area contributed by atoms with Gasteiger partial charge in [-0.1, -0.05) is 30.3 Å². The highest BCUT2D eigenvalue weighted by atomic mass is 15.1. The summed E-state index contributed by atoms with van der Waals surface area (Å²) in [6.45, 7) is 2.10. The molecule has 4 N–H and O–H groups in total. The largest absolute Gasteiger partial charge is 0.387 e. The van der Waals surface area contributed by atoms with Crippen molar-refractivity contribution in [3.05, 3.63) is 35.8 Å². The second-order valence-corrected chi connectivity index (χ2v) is 3.08. The van der Waals surface area contributed by atoms with Gasteiger partial charge in [0, 0.05) is 6.54 Å². The first kappa shape index (κ1) is 8.47. The molecule has 0 aliphatic carbocycles. The number of hydrogen-bond acceptors (Lipinski definition) is 1. The standard InChI is InChI=1S/C11H16N4/c1-9(12)15-11(13)14-8-7-10-5-3-2-4-6-10/h2-6H,7-8H2,1H3,(H4,12,13,14,15)/i3D,4D. The second kappa shape index (κ2) is 5.80. The molecule has 1 aromatic rings. The highest BCUT2D eigenvalue weighted by Crippen LogP contribution is 1.99. The Hall–Kier alpha value is -1.84. The molecule has 4 heteroatoms. The van der Waals surface area contributed by atoms with E-state index in [1.54, 1.807) is 19.1 Å². The van der Waals surface area contributed by atoms with Crippen LogP contribution in [0.2, 0.25) is 0 Å². The minimum atomic E-state index is 0.151. The Labute approximate surface area is 92.5 Å². The summed E-state index contributed by atoms with van der Waals surface area (Å²) in [5.74, 6) is 0.519. The summed E-state index contributed by atoms with van der Waals surface area (Å²) < 4.78 is 14.9. The summed E-state index contributed by atoms with van der Waals surface area (Å²) in [5, 5.41) is 0. The van der Waals surface area contributed by atoms with Gasteiger partial charge in [-0.3, -0.25) is 4.99 Å². The van der Waals surface area contributed by atoms with Crippen molar-refractivity contribution in [1.82, 2.24) is 0 Å². The highest BCUT2D eigenvalue weighted by molar-refractivity contribution is 5.93. The van der Waals surface area contributed by atoms with E-state index >= 15 is 0 Å². The van der Waals surface area contributed by atoms with Crippen LogP contribution in [0.25, 0.3) is 0 Å². The van der Waals surface area contributed by atoms with E-state index in [1.807, 2.05) is 0 Å². The Bertz CT molecular complexity index is 431. The third-order valence-corrected chi connectivity index (χ3v) is 1.67. The maximum atomic E-state index is 7.47. The molecule has 1 rings (SSSR count). The minimum Gasteiger partial charge on any atom is -0.387 e. The number of benzene rings is 1. The highest BCUT2D eigenvalue weighted by Gasteiger charge is 1.91. The third kappa shape index (κ3) is 4.81. The van der Waals surface area contributed by atoms with Crippen molar-refractivity contribution in [1.29, 1.82) is 0 Å². The van der Waals surface area contributed by atoms with Gasteiger partial charge < -0.3 is 11.5 Å². The summed E-state index contributed by atoms with van der Waals surface area (Å²) >= 11 is 0. The molecule has 1 aromatic carbocycles. The Kier molecular flexibility index (Phi) is 3.27. The number of aliphatic imine (C=N–C) groups is 2. The van der Waals surface area contributed by atoms with E-state index in [1.165, 1.54) is 6.07 Å². The molecule has 0 amide bonds. The molecule has 0 radical (unpaired) electrons. The van der Waals surface area contributed by atoms with Gasteiger partial charge in [0.25, 0.3) is 0 Å². The topological polar surface area (TPSA) is 76.8 Å². The monoisotopic (exact) mass is 206 g/mol. The van der Waals surface area contributed by atoms with Gasteiger partial charge >= 0.3 is 0 Å². The molecule has 0 heterocycles. The fourth-order valence-corrected chi connectivity index (χ4v) is 1.05. The molecule has 0 bridgehead atoms. The molecule has 0 unspecified atom stereocenters. The predicted octanol–water partition coefficient (Wildman–Crippen LogP) is 0.921. The molecule has 0 aliphatic heterocycles. The molecule has 0 aromatic heterocycles. The Morgan fingerprint density at radius 3 is 2.67 bits per heavy atom. The SMILES string of the molecule is [2H]c1cc([2H])cc(CCN=C(N)N=C(C)N)c1. The van der Waals surface area contributed by atoms with E-state index in [0.29, 0.717) is 30.9 Å². The summed E-state index contributed by atoms with van der Waals surface area (Å²) in [6.07, 6.45) is 0.623. The summed E-state index contributed by atoms with van der Waals surface area (Å²) in [5.41, 5.74) is 11.8. The lowest BCUT2D eigenvalue weighted by Gasteiger charge is -1.97. The zero-order valence-electron chi connectivity index (χ0n) is 10.7. The molecule has 0 aliphatic rings. The van der Waals surface area contributed by atoms with E-state index < -0.39 is 0 Å². The first-order chi connectivity index (χ1) is 7.97. The normalized spacial score (nSPS) is 14.7. The Balaban J connectivity index is 2.59. The number of guanidine groups is 1. The third-order valence-electron chi connectivity index (χ3n) is 1.67. The van der Waals surface area contributed by atoms with Gasteiger partial charge in [-0.05, 0) is 18.9 Å². The quantitative estimate of drug-likeness (QED) is 0.570. The maximum Gasteiger partial charge on any atom is 0.216 e. The van der Waals surface area contributed by atoms with Gasteiger partial charge in [0.1, 0.15) is 0 Å². The molecule has 0 saturated heterocycles.